The Morgan fingerprint density at radius 1 is 0.750 bits per heavy atom. The molecule has 0 saturated heterocycles. The van der Waals surface area contributed by atoms with Gasteiger partial charge < -0.3 is 0 Å². The molecule has 4 heteroatoms. The van der Waals surface area contributed by atoms with Gasteiger partial charge in [0.25, 0.3) is 0 Å². The predicted octanol–water partition coefficient (Wildman–Crippen LogP) is 7.25. The van der Waals surface area contributed by atoms with Crippen LogP contribution in [-0.2, 0) is 0 Å². The fourth-order valence-corrected chi connectivity index (χ4v) is 2.44. The summed E-state index contributed by atoms with van der Waals surface area (Å²) in [4.78, 5) is 0. The van der Waals surface area contributed by atoms with Gasteiger partial charge in [0.05, 0.1) is 0 Å². The normalized spacial score (nSPS) is 13.7. The van der Waals surface area contributed by atoms with Crippen LogP contribution in [0.4, 0.5) is 13.2 Å². The number of hydrogen-bond acceptors (Lipinski definition) is 0. The maximum atomic E-state index is 12.8. The van der Waals surface area contributed by atoms with Crippen molar-refractivity contribution in [1.29, 1.82) is 0 Å². The molecule has 0 spiro atoms. The van der Waals surface area contributed by atoms with E-state index in [0.717, 1.165) is 19.3 Å². The van der Waals surface area contributed by atoms with E-state index in [1.54, 1.807) is 0 Å². The van der Waals surface area contributed by atoms with E-state index in [1.165, 1.54) is 51.4 Å². The highest BCUT2D eigenvalue weighted by Crippen LogP contribution is 2.29. The highest BCUT2D eigenvalue weighted by Gasteiger charge is 2.36. The number of rotatable bonds is 14. The third-order valence-corrected chi connectivity index (χ3v) is 3.90. The van der Waals surface area contributed by atoms with Crippen molar-refractivity contribution in [3.63, 3.8) is 0 Å². The van der Waals surface area contributed by atoms with Crippen LogP contribution in [0.3, 0.4) is 0 Å². The lowest BCUT2D eigenvalue weighted by atomic mass is 10.0. The highest BCUT2D eigenvalue weighted by atomic mass is 35.5. The highest BCUT2D eigenvalue weighted by molar-refractivity contribution is 6.22. The van der Waals surface area contributed by atoms with Crippen LogP contribution < -0.4 is 0 Å². The van der Waals surface area contributed by atoms with Crippen LogP contribution in [0.15, 0.2) is 0 Å². The van der Waals surface area contributed by atoms with Crippen molar-refractivity contribution in [2.24, 2.45) is 0 Å². The molecule has 0 aromatic heterocycles. The second-order valence-electron chi connectivity index (χ2n) is 5.69. The van der Waals surface area contributed by atoms with Crippen molar-refractivity contribution in [2.45, 2.75) is 102 Å². The molecule has 1 unspecified atom stereocenters. The first-order valence-corrected chi connectivity index (χ1v) is 8.57. The van der Waals surface area contributed by atoms with Gasteiger partial charge in [-0.2, -0.15) is 8.78 Å². The molecule has 0 aliphatic rings. The van der Waals surface area contributed by atoms with Crippen molar-refractivity contribution < 1.29 is 13.2 Å². The molecule has 0 aliphatic carbocycles. The Morgan fingerprint density at radius 3 is 1.45 bits per heavy atom. The Kier molecular flexibility index (Phi) is 12.8. The molecule has 0 fully saturated rings. The molecule has 0 amide bonds. The predicted molar refractivity (Wildman–Crippen MR) is 81.4 cm³/mol. The molecule has 0 aromatic carbocycles. The van der Waals surface area contributed by atoms with E-state index >= 15 is 0 Å². The minimum atomic E-state index is -3.70. The maximum Gasteiger partial charge on any atom is 0.352 e. The molecule has 0 heterocycles. The van der Waals surface area contributed by atoms with Crippen LogP contribution >= 0.6 is 11.6 Å². The lowest BCUT2D eigenvalue weighted by Crippen LogP contribution is -2.22. The summed E-state index contributed by atoms with van der Waals surface area (Å²) < 4.78 is 37.5. The molecular weight excluding hydrogens is 285 g/mol. The third-order valence-electron chi connectivity index (χ3n) is 3.67. The molecular formula is C16H30ClF3. The van der Waals surface area contributed by atoms with Crippen molar-refractivity contribution in [2.75, 3.05) is 0 Å². The number of halogens is 4. The average Bonchev–Trinajstić information content (AvgIpc) is 2.38. The van der Waals surface area contributed by atoms with E-state index in [4.69, 9.17) is 0 Å². The van der Waals surface area contributed by atoms with Crippen LogP contribution in [0.5, 0.6) is 0 Å². The van der Waals surface area contributed by atoms with Crippen LogP contribution in [0, 0.1) is 0 Å². The number of alkyl halides is 4. The summed E-state index contributed by atoms with van der Waals surface area (Å²) in [5, 5.41) is -3.70. The monoisotopic (exact) mass is 314 g/mol. The van der Waals surface area contributed by atoms with Crippen molar-refractivity contribution in [3.05, 3.63) is 0 Å². The molecule has 0 N–H and O–H groups in total. The van der Waals surface area contributed by atoms with Crippen LogP contribution in [0.1, 0.15) is 90.4 Å². The van der Waals surface area contributed by atoms with E-state index in [0.29, 0.717) is 6.42 Å². The van der Waals surface area contributed by atoms with E-state index in [-0.39, 0.29) is 6.42 Å². The second kappa shape index (κ2) is 12.8. The standard InChI is InChI=1S/C16H30ClF3/c1-2-3-4-5-6-7-8-9-10-11-12-13-14-15(18)16(17,19)20/h15H,2-14H2,1H3. The summed E-state index contributed by atoms with van der Waals surface area (Å²) >= 11 is 4.62. The van der Waals surface area contributed by atoms with Crippen molar-refractivity contribution >= 4 is 11.6 Å². The van der Waals surface area contributed by atoms with E-state index in [9.17, 15) is 13.2 Å². The van der Waals surface area contributed by atoms with Gasteiger partial charge in [-0.1, -0.05) is 84.0 Å². The molecule has 122 valence electrons. The summed E-state index contributed by atoms with van der Waals surface area (Å²) in [7, 11) is 0. The first-order valence-electron chi connectivity index (χ1n) is 8.19. The summed E-state index contributed by atoms with van der Waals surface area (Å²) in [6.45, 7) is 2.22. The molecule has 0 bridgehead atoms. The fourth-order valence-electron chi connectivity index (χ4n) is 2.33. The SMILES string of the molecule is CCCCCCCCCCCCCCC(F)C(F)(F)Cl. The molecule has 0 rings (SSSR count). The van der Waals surface area contributed by atoms with Crippen molar-refractivity contribution in [1.82, 2.24) is 0 Å². The van der Waals surface area contributed by atoms with E-state index < -0.39 is 11.6 Å². The Bertz CT molecular complexity index is 204. The molecule has 0 aromatic rings. The van der Waals surface area contributed by atoms with E-state index in [1.807, 2.05) is 0 Å². The first kappa shape index (κ1) is 20.1. The van der Waals surface area contributed by atoms with Gasteiger partial charge >= 0.3 is 5.38 Å². The van der Waals surface area contributed by atoms with Gasteiger partial charge in [-0.15, -0.1) is 0 Å². The molecule has 1 atom stereocenters. The molecule has 0 aliphatic heterocycles. The zero-order chi connectivity index (χ0) is 15.3. The average molecular weight is 315 g/mol. The molecule has 0 radical (unpaired) electrons. The molecule has 20 heavy (non-hydrogen) atoms. The summed E-state index contributed by atoms with van der Waals surface area (Å²) in [5.41, 5.74) is 0. The van der Waals surface area contributed by atoms with E-state index in [2.05, 4.69) is 18.5 Å². The Labute approximate surface area is 127 Å². The van der Waals surface area contributed by atoms with Crippen LogP contribution in [0.2, 0.25) is 0 Å². The van der Waals surface area contributed by atoms with Gasteiger partial charge in [0.2, 0.25) is 0 Å². The van der Waals surface area contributed by atoms with Crippen molar-refractivity contribution in [3.8, 4) is 0 Å². The van der Waals surface area contributed by atoms with Crippen LogP contribution in [-0.4, -0.2) is 11.6 Å². The van der Waals surface area contributed by atoms with Gasteiger partial charge in [-0.3, -0.25) is 0 Å². The number of unbranched alkanes of at least 4 members (excludes halogenated alkanes) is 11. The smallest absolute Gasteiger partial charge is 0.239 e. The topological polar surface area (TPSA) is 0 Å². The lowest BCUT2D eigenvalue weighted by molar-refractivity contribution is 0.00178. The second-order valence-corrected chi connectivity index (χ2v) is 6.19. The van der Waals surface area contributed by atoms with Crippen LogP contribution in [0.25, 0.3) is 0 Å². The third kappa shape index (κ3) is 13.1. The Hall–Kier alpha value is 0.0800. The van der Waals surface area contributed by atoms with Gasteiger partial charge in [0.15, 0.2) is 6.17 Å². The zero-order valence-corrected chi connectivity index (χ0v) is 13.5. The van der Waals surface area contributed by atoms with Gasteiger partial charge in [-0.25, -0.2) is 4.39 Å². The van der Waals surface area contributed by atoms with Gasteiger partial charge in [-0.05, 0) is 18.0 Å². The van der Waals surface area contributed by atoms with Gasteiger partial charge in [0, 0.05) is 0 Å². The minimum Gasteiger partial charge on any atom is -0.239 e. The van der Waals surface area contributed by atoms with Gasteiger partial charge in [0.1, 0.15) is 0 Å². The molecule has 0 nitrogen and oxygen atoms in total. The Morgan fingerprint density at radius 2 is 1.10 bits per heavy atom. The minimum absolute atomic E-state index is 0.131. The molecule has 0 saturated carbocycles. The first-order chi connectivity index (χ1) is 9.48. The quantitative estimate of drug-likeness (QED) is 0.234. The summed E-state index contributed by atoms with van der Waals surface area (Å²) in [6, 6.07) is 0. The summed E-state index contributed by atoms with van der Waals surface area (Å²) in [6.07, 6.45) is 11.6. The fraction of sp³-hybridized carbons (Fsp3) is 1.00. The maximum absolute atomic E-state index is 12.8. The Balaban J connectivity index is 3.14. The zero-order valence-electron chi connectivity index (χ0n) is 12.8. The number of hydrogen-bond donors (Lipinski definition) is 0. The lowest BCUT2D eigenvalue weighted by Gasteiger charge is -2.12. The summed E-state index contributed by atoms with van der Waals surface area (Å²) in [5.74, 6) is 0. The largest absolute Gasteiger partial charge is 0.352 e.